The number of benzene rings is 1. The Hall–Kier alpha value is -1.09. The first-order valence-electron chi connectivity index (χ1n) is 4.74. The fraction of sp³-hybridized carbons (Fsp3) is 0.250. The maximum absolute atomic E-state index is 11.1. The molecule has 1 aromatic rings. The Labute approximate surface area is 98.1 Å². The van der Waals surface area contributed by atoms with Crippen molar-refractivity contribution < 1.29 is 9.53 Å². The predicted octanol–water partition coefficient (Wildman–Crippen LogP) is 3.33. The number of hydrogen-bond donors (Lipinski definition) is 0. The van der Waals surface area contributed by atoms with Crippen molar-refractivity contribution in [2.45, 2.75) is 13.8 Å². The average Bonchev–Trinajstić information content (AvgIpc) is 2.20. The van der Waals surface area contributed by atoms with E-state index in [4.69, 9.17) is 4.74 Å². The van der Waals surface area contributed by atoms with Gasteiger partial charge < -0.3 is 4.74 Å². The van der Waals surface area contributed by atoms with E-state index in [1.54, 1.807) is 13.0 Å². The number of rotatable bonds is 3. The molecule has 3 heteroatoms. The third kappa shape index (κ3) is 3.88. The molecule has 0 heterocycles. The van der Waals surface area contributed by atoms with E-state index in [0.29, 0.717) is 6.61 Å². The molecule has 1 aromatic carbocycles. The molecule has 0 amide bonds. The van der Waals surface area contributed by atoms with Gasteiger partial charge in [-0.25, -0.2) is 4.79 Å². The van der Waals surface area contributed by atoms with Crippen molar-refractivity contribution in [3.8, 4) is 0 Å². The lowest BCUT2D eigenvalue weighted by Gasteiger charge is -2.00. The summed E-state index contributed by atoms with van der Waals surface area (Å²) in [5, 5.41) is 0. The Bertz CT molecular complexity index is 383. The van der Waals surface area contributed by atoms with Gasteiger partial charge in [-0.2, -0.15) is 0 Å². The second-order valence-electron chi connectivity index (χ2n) is 3.11. The van der Waals surface area contributed by atoms with Crippen LogP contribution in [0.5, 0.6) is 0 Å². The van der Waals surface area contributed by atoms with Crippen molar-refractivity contribution in [3.63, 3.8) is 0 Å². The second-order valence-corrected chi connectivity index (χ2v) is 3.96. The zero-order valence-electron chi connectivity index (χ0n) is 8.79. The summed E-state index contributed by atoms with van der Waals surface area (Å²) in [6.07, 6.45) is 3.18. The van der Waals surface area contributed by atoms with Gasteiger partial charge in [-0.05, 0) is 31.6 Å². The number of carbonyl (C=O) groups is 1. The molecule has 0 fully saturated rings. The quantitative estimate of drug-likeness (QED) is 0.621. The molecule has 0 spiro atoms. The molecule has 0 radical (unpaired) electrons. The van der Waals surface area contributed by atoms with Crippen LogP contribution in [0.15, 0.2) is 28.7 Å². The summed E-state index contributed by atoms with van der Waals surface area (Å²) >= 11 is 3.42. The molecule has 0 aliphatic heterocycles. The Kier molecular flexibility index (Phi) is 4.56. The molecule has 0 unspecified atom stereocenters. The summed E-state index contributed by atoms with van der Waals surface area (Å²) in [4.78, 5) is 11.1. The van der Waals surface area contributed by atoms with Crippen LogP contribution in [0.3, 0.4) is 0 Å². The molecule has 0 saturated heterocycles. The summed E-state index contributed by atoms with van der Waals surface area (Å²) in [7, 11) is 0. The van der Waals surface area contributed by atoms with Gasteiger partial charge in [0.25, 0.3) is 0 Å². The van der Waals surface area contributed by atoms with Gasteiger partial charge in [-0.1, -0.05) is 33.6 Å². The van der Waals surface area contributed by atoms with Gasteiger partial charge in [0.15, 0.2) is 0 Å². The first kappa shape index (κ1) is 12.0. The van der Waals surface area contributed by atoms with E-state index < -0.39 is 0 Å². The molecule has 0 saturated carbocycles. The van der Waals surface area contributed by atoms with Crippen LogP contribution in [0.4, 0.5) is 0 Å². The van der Waals surface area contributed by atoms with Crippen LogP contribution in [0, 0.1) is 6.92 Å². The molecule has 0 atom stereocenters. The predicted molar refractivity (Wildman–Crippen MR) is 64.5 cm³/mol. The maximum atomic E-state index is 11.1. The van der Waals surface area contributed by atoms with E-state index >= 15 is 0 Å². The van der Waals surface area contributed by atoms with Gasteiger partial charge >= 0.3 is 5.97 Å². The molecular formula is C12H13BrO2. The summed E-state index contributed by atoms with van der Waals surface area (Å²) in [5.41, 5.74) is 2.13. The van der Waals surface area contributed by atoms with Crippen molar-refractivity contribution >= 4 is 28.0 Å². The lowest BCUT2D eigenvalue weighted by atomic mass is 10.1. The summed E-state index contributed by atoms with van der Waals surface area (Å²) in [5.74, 6) is -0.314. The molecule has 2 nitrogen and oxygen atoms in total. The smallest absolute Gasteiger partial charge is 0.330 e. The SMILES string of the molecule is CCOC(=O)C=Cc1cc(C)ccc1Br. The van der Waals surface area contributed by atoms with Gasteiger partial charge in [-0.15, -0.1) is 0 Å². The van der Waals surface area contributed by atoms with Gasteiger partial charge in [0.1, 0.15) is 0 Å². The van der Waals surface area contributed by atoms with Crippen LogP contribution in [0.1, 0.15) is 18.1 Å². The normalized spacial score (nSPS) is 10.6. The highest BCUT2D eigenvalue weighted by molar-refractivity contribution is 9.10. The van der Waals surface area contributed by atoms with Crippen molar-refractivity contribution in [2.24, 2.45) is 0 Å². The summed E-state index contributed by atoms with van der Waals surface area (Å²) in [6.45, 7) is 4.20. The van der Waals surface area contributed by atoms with Gasteiger partial charge in [0.2, 0.25) is 0 Å². The Balaban J connectivity index is 2.79. The van der Waals surface area contributed by atoms with E-state index in [0.717, 1.165) is 15.6 Å². The topological polar surface area (TPSA) is 26.3 Å². The molecule has 1 rings (SSSR count). The highest BCUT2D eigenvalue weighted by Crippen LogP contribution is 2.19. The molecule has 0 aliphatic carbocycles. The lowest BCUT2D eigenvalue weighted by Crippen LogP contribution is -1.98. The van der Waals surface area contributed by atoms with Crippen LogP contribution in [0.2, 0.25) is 0 Å². The molecule has 15 heavy (non-hydrogen) atoms. The highest BCUT2D eigenvalue weighted by Gasteiger charge is 1.98. The number of halogens is 1. The minimum Gasteiger partial charge on any atom is -0.463 e. The van der Waals surface area contributed by atoms with Crippen LogP contribution in [-0.4, -0.2) is 12.6 Å². The standard InChI is InChI=1S/C12H13BrO2/c1-3-15-12(14)7-5-10-8-9(2)4-6-11(10)13/h4-8H,3H2,1-2H3. The van der Waals surface area contributed by atoms with E-state index in [1.807, 2.05) is 25.1 Å². The zero-order chi connectivity index (χ0) is 11.3. The summed E-state index contributed by atoms with van der Waals surface area (Å²) in [6, 6.07) is 5.96. The lowest BCUT2D eigenvalue weighted by molar-refractivity contribution is -0.137. The van der Waals surface area contributed by atoms with E-state index in [-0.39, 0.29) is 5.97 Å². The molecular weight excluding hydrogens is 256 g/mol. The van der Waals surface area contributed by atoms with Gasteiger partial charge in [0, 0.05) is 10.5 Å². The van der Waals surface area contributed by atoms with Gasteiger partial charge in [0.05, 0.1) is 6.61 Å². The number of esters is 1. The Morgan fingerprint density at radius 3 is 2.93 bits per heavy atom. The number of aryl methyl sites for hydroxylation is 1. The van der Waals surface area contributed by atoms with Crippen LogP contribution in [0.25, 0.3) is 6.08 Å². The van der Waals surface area contributed by atoms with E-state index in [2.05, 4.69) is 15.9 Å². The first-order valence-corrected chi connectivity index (χ1v) is 5.53. The van der Waals surface area contributed by atoms with Crippen molar-refractivity contribution in [3.05, 3.63) is 39.9 Å². The van der Waals surface area contributed by atoms with Crippen molar-refractivity contribution in [1.82, 2.24) is 0 Å². The van der Waals surface area contributed by atoms with Crippen molar-refractivity contribution in [1.29, 1.82) is 0 Å². The fourth-order valence-corrected chi connectivity index (χ4v) is 1.52. The van der Waals surface area contributed by atoms with Gasteiger partial charge in [-0.3, -0.25) is 0 Å². The zero-order valence-corrected chi connectivity index (χ0v) is 10.4. The number of ether oxygens (including phenoxy) is 1. The molecule has 0 aliphatic rings. The number of carbonyl (C=O) groups excluding carboxylic acids is 1. The van der Waals surface area contributed by atoms with Crippen LogP contribution >= 0.6 is 15.9 Å². The maximum Gasteiger partial charge on any atom is 0.330 e. The van der Waals surface area contributed by atoms with Crippen molar-refractivity contribution in [2.75, 3.05) is 6.61 Å². The summed E-state index contributed by atoms with van der Waals surface area (Å²) < 4.78 is 5.76. The third-order valence-corrected chi connectivity index (χ3v) is 2.56. The van der Waals surface area contributed by atoms with Crippen LogP contribution < -0.4 is 0 Å². The number of hydrogen-bond acceptors (Lipinski definition) is 2. The van der Waals surface area contributed by atoms with Crippen LogP contribution in [-0.2, 0) is 9.53 Å². The second kappa shape index (κ2) is 5.71. The molecule has 0 bridgehead atoms. The minimum atomic E-state index is -0.314. The third-order valence-electron chi connectivity index (χ3n) is 1.84. The van der Waals surface area contributed by atoms with E-state index in [1.165, 1.54) is 6.08 Å². The van der Waals surface area contributed by atoms with E-state index in [9.17, 15) is 4.79 Å². The average molecular weight is 269 g/mol. The fourth-order valence-electron chi connectivity index (χ4n) is 1.14. The molecule has 0 aromatic heterocycles. The largest absolute Gasteiger partial charge is 0.463 e. The molecule has 80 valence electrons. The first-order chi connectivity index (χ1) is 7.13. The highest BCUT2D eigenvalue weighted by atomic mass is 79.9. The molecule has 0 N–H and O–H groups in total. The monoisotopic (exact) mass is 268 g/mol. The Morgan fingerprint density at radius 1 is 1.53 bits per heavy atom. The minimum absolute atomic E-state index is 0.314. The Morgan fingerprint density at radius 2 is 2.27 bits per heavy atom.